The summed E-state index contributed by atoms with van der Waals surface area (Å²) in [6, 6.07) is 9.90. The third-order valence-electron chi connectivity index (χ3n) is 4.95. The molecule has 3 rings (SSSR count). The van der Waals surface area contributed by atoms with Crippen LogP contribution < -0.4 is 16.2 Å². The lowest BCUT2D eigenvalue weighted by atomic mass is 10.0. The van der Waals surface area contributed by atoms with Crippen LogP contribution in [0.3, 0.4) is 0 Å². The summed E-state index contributed by atoms with van der Waals surface area (Å²) in [5.74, 6) is -1.97. The van der Waals surface area contributed by atoms with Crippen LogP contribution in [0.4, 0.5) is 19.1 Å². The number of anilines is 1. The molecular formula is C22H20ClF3N4O6S. The molecule has 0 aliphatic rings. The summed E-state index contributed by atoms with van der Waals surface area (Å²) in [4.78, 5) is 18.7. The molecule has 0 spiro atoms. The molecule has 37 heavy (non-hydrogen) atoms. The smallest absolute Gasteiger partial charge is 0.429 e. The van der Waals surface area contributed by atoms with Gasteiger partial charge in [-0.25, -0.2) is 4.98 Å². The predicted octanol–water partition coefficient (Wildman–Crippen LogP) is 3.67. The van der Waals surface area contributed by atoms with Gasteiger partial charge in [-0.15, -0.1) is 0 Å². The van der Waals surface area contributed by atoms with Crippen LogP contribution in [0.25, 0.3) is 11.3 Å². The van der Waals surface area contributed by atoms with Gasteiger partial charge in [0.2, 0.25) is 17.9 Å². The Morgan fingerprint density at radius 2 is 1.76 bits per heavy atom. The fourth-order valence-electron chi connectivity index (χ4n) is 3.22. The molecule has 1 heterocycles. The SMILES string of the molecule is Nc1nc(OC(c2ccc(COS(=O)O)cc2Cl)C(F)(F)F)cc(-c2ccc(C[C@H](N)C(=O)O)cc2)n1. The molecular weight excluding hydrogens is 541 g/mol. The van der Waals surface area contributed by atoms with Crippen molar-refractivity contribution in [3.8, 4) is 17.1 Å². The highest BCUT2D eigenvalue weighted by Crippen LogP contribution is 2.40. The number of rotatable bonds is 10. The zero-order valence-electron chi connectivity index (χ0n) is 18.7. The van der Waals surface area contributed by atoms with Gasteiger partial charge in [-0.2, -0.15) is 22.4 Å². The molecule has 10 nitrogen and oxygen atoms in total. The molecule has 0 radical (unpaired) electrons. The van der Waals surface area contributed by atoms with E-state index in [1.54, 1.807) is 24.3 Å². The molecule has 2 unspecified atom stereocenters. The Hall–Kier alpha value is -3.30. The quantitative estimate of drug-likeness (QED) is 0.268. The van der Waals surface area contributed by atoms with Crippen molar-refractivity contribution in [1.29, 1.82) is 0 Å². The summed E-state index contributed by atoms with van der Waals surface area (Å²) in [5, 5.41) is 8.62. The van der Waals surface area contributed by atoms with Gasteiger partial charge in [-0.05, 0) is 23.6 Å². The monoisotopic (exact) mass is 560 g/mol. The summed E-state index contributed by atoms with van der Waals surface area (Å²) < 4.78 is 70.9. The molecule has 198 valence electrons. The van der Waals surface area contributed by atoms with Crippen molar-refractivity contribution in [3.05, 3.63) is 70.2 Å². The number of hydrogen-bond acceptors (Lipinski definition) is 8. The molecule has 15 heteroatoms. The Morgan fingerprint density at radius 3 is 2.32 bits per heavy atom. The molecule has 0 amide bonds. The number of hydrogen-bond donors (Lipinski definition) is 4. The number of benzene rings is 2. The maximum atomic E-state index is 13.9. The first kappa shape index (κ1) is 28.3. The van der Waals surface area contributed by atoms with Crippen molar-refractivity contribution < 1.29 is 40.8 Å². The molecule has 0 fully saturated rings. The number of nitrogens with zero attached hydrogens (tertiary/aromatic N) is 2. The highest BCUT2D eigenvalue weighted by atomic mass is 35.5. The first-order valence-electron chi connectivity index (χ1n) is 10.3. The molecule has 3 atom stereocenters. The third-order valence-corrected chi connectivity index (χ3v) is 5.60. The largest absolute Gasteiger partial charge is 0.480 e. The summed E-state index contributed by atoms with van der Waals surface area (Å²) >= 11 is 3.51. The van der Waals surface area contributed by atoms with E-state index >= 15 is 0 Å². The first-order chi connectivity index (χ1) is 17.3. The Balaban J connectivity index is 1.88. The van der Waals surface area contributed by atoms with Crippen molar-refractivity contribution in [1.82, 2.24) is 9.97 Å². The predicted molar refractivity (Wildman–Crippen MR) is 128 cm³/mol. The number of carboxylic acids is 1. The van der Waals surface area contributed by atoms with E-state index in [9.17, 15) is 22.2 Å². The summed E-state index contributed by atoms with van der Waals surface area (Å²) in [5.41, 5.74) is 12.3. The summed E-state index contributed by atoms with van der Waals surface area (Å²) in [7, 11) is 0. The van der Waals surface area contributed by atoms with Crippen molar-refractivity contribution in [2.75, 3.05) is 5.73 Å². The molecule has 3 aromatic rings. The van der Waals surface area contributed by atoms with E-state index in [1.165, 1.54) is 12.1 Å². The van der Waals surface area contributed by atoms with Gasteiger partial charge in [-0.3, -0.25) is 13.5 Å². The van der Waals surface area contributed by atoms with Crippen LogP contribution in [0.2, 0.25) is 5.02 Å². The van der Waals surface area contributed by atoms with Crippen LogP contribution in [0.1, 0.15) is 22.8 Å². The number of halogens is 4. The van der Waals surface area contributed by atoms with Gasteiger partial charge >= 0.3 is 23.5 Å². The van der Waals surface area contributed by atoms with E-state index in [0.29, 0.717) is 11.1 Å². The Labute approximate surface area is 215 Å². The molecule has 0 saturated heterocycles. The minimum Gasteiger partial charge on any atom is -0.480 e. The van der Waals surface area contributed by atoms with E-state index in [2.05, 4.69) is 14.2 Å². The highest BCUT2D eigenvalue weighted by molar-refractivity contribution is 7.74. The van der Waals surface area contributed by atoms with Crippen molar-refractivity contribution in [3.63, 3.8) is 0 Å². The van der Waals surface area contributed by atoms with Gasteiger partial charge in [0.05, 0.1) is 12.3 Å². The molecule has 0 bridgehead atoms. The second-order valence-corrected chi connectivity index (χ2v) is 8.75. The van der Waals surface area contributed by atoms with Gasteiger partial charge < -0.3 is 21.3 Å². The number of nitrogen functional groups attached to an aromatic ring is 1. The van der Waals surface area contributed by atoms with Crippen LogP contribution in [0, 0.1) is 0 Å². The Morgan fingerprint density at radius 1 is 1.11 bits per heavy atom. The average Bonchev–Trinajstić information content (AvgIpc) is 2.81. The van der Waals surface area contributed by atoms with Gasteiger partial charge in [-0.1, -0.05) is 48.0 Å². The number of carbonyl (C=O) groups is 1. The minimum absolute atomic E-state index is 0.0761. The van der Waals surface area contributed by atoms with Crippen LogP contribution >= 0.6 is 11.6 Å². The standard InChI is InChI=1S/C22H20ClF3N4O6S/c23-15-7-12(10-35-37(33)34)3-6-14(15)19(22(24,25)26)36-18-9-17(29-21(28)30-18)13-4-1-11(2-5-13)8-16(27)20(31)32/h1-7,9,16,19H,8,10,27H2,(H,31,32)(H,33,34)(H2,28,29,30)/t16-,19?/m0/s1. The zero-order valence-corrected chi connectivity index (χ0v) is 20.3. The van der Waals surface area contributed by atoms with Gasteiger partial charge in [0.1, 0.15) is 6.04 Å². The molecule has 0 aliphatic heterocycles. The van der Waals surface area contributed by atoms with Crippen LogP contribution in [0.15, 0.2) is 48.5 Å². The molecule has 2 aromatic carbocycles. The average molecular weight is 561 g/mol. The fourth-order valence-corrected chi connectivity index (χ4v) is 3.76. The lowest BCUT2D eigenvalue weighted by Gasteiger charge is -2.23. The minimum atomic E-state index is -4.90. The van der Waals surface area contributed by atoms with Gasteiger partial charge in [0.25, 0.3) is 0 Å². The first-order valence-corrected chi connectivity index (χ1v) is 11.7. The van der Waals surface area contributed by atoms with Crippen molar-refractivity contribution >= 4 is 34.9 Å². The van der Waals surface area contributed by atoms with Gasteiger partial charge in [0.15, 0.2) is 0 Å². The highest BCUT2D eigenvalue weighted by Gasteiger charge is 2.44. The van der Waals surface area contributed by atoms with Crippen LogP contribution in [-0.2, 0) is 33.4 Å². The molecule has 0 aliphatic carbocycles. The van der Waals surface area contributed by atoms with Crippen LogP contribution in [-0.4, -0.2) is 42.0 Å². The Bertz CT molecular complexity index is 1300. The molecule has 1 aromatic heterocycles. The lowest BCUT2D eigenvalue weighted by molar-refractivity contribution is -0.198. The van der Waals surface area contributed by atoms with E-state index in [0.717, 1.165) is 12.1 Å². The van der Waals surface area contributed by atoms with E-state index in [1.807, 2.05) is 0 Å². The maximum Gasteiger partial charge on any atom is 0.429 e. The number of nitrogens with two attached hydrogens (primary N) is 2. The molecule has 6 N–H and O–H groups in total. The van der Waals surface area contributed by atoms with E-state index in [-0.39, 0.29) is 35.3 Å². The fraction of sp³-hybridized carbons (Fsp3) is 0.227. The molecule has 0 saturated carbocycles. The third kappa shape index (κ3) is 7.84. The van der Waals surface area contributed by atoms with E-state index < -0.39 is 47.1 Å². The number of carboxylic acid groups (broad SMARTS) is 1. The normalized spacial score (nSPS) is 14.1. The topological polar surface area (TPSA) is 171 Å². The van der Waals surface area contributed by atoms with Gasteiger partial charge in [0, 0.05) is 22.2 Å². The van der Waals surface area contributed by atoms with E-state index in [4.69, 9.17) is 37.5 Å². The number of alkyl halides is 3. The summed E-state index contributed by atoms with van der Waals surface area (Å²) in [6.45, 7) is -0.354. The Kier molecular flexibility index (Phi) is 9.04. The lowest BCUT2D eigenvalue weighted by Crippen LogP contribution is -2.32. The summed E-state index contributed by atoms with van der Waals surface area (Å²) in [6.07, 6.45) is -7.35. The van der Waals surface area contributed by atoms with Crippen molar-refractivity contribution in [2.24, 2.45) is 5.73 Å². The second-order valence-electron chi connectivity index (χ2n) is 7.67. The zero-order chi connectivity index (χ0) is 27.3. The second kappa shape index (κ2) is 11.8. The van der Waals surface area contributed by atoms with Crippen molar-refractivity contribution in [2.45, 2.75) is 31.3 Å². The number of aliphatic carboxylic acids is 1. The van der Waals surface area contributed by atoms with Crippen LogP contribution in [0.5, 0.6) is 5.88 Å². The number of aromatic nitrogens is 2. The maximum absolute atomic E-state index is 13.9. The number of ether oxygens (including phenoxy) is 1.